The molecule has 0 spiro atoms. The lowest BCUT2D eigenvalue weighted by atomic mass is 10.3. The summed E-state index contributed by atoms with van der Waals surface area (Å²) in [6.45, 7) is 7.99. The van der Waals surface area contributed by atoms with Crippen molar-refractivity contribution in [2.45, 2.75) is 18.7 Å². The molecule has 0 fully saturated rings. The van der Waals surface area contributed by atoms with Gasteiger partial charge in [0.2, 0.25) is 10.0 Å². The molecule has 0 aliphatic carbocycles. The zero-order valence-corrected chi connectivity index (χ0v) is 15.0. The Bertz CT molecular complexity index is 628. The van der Waals surface area contributed by atoms with E-state index >= 15 is 0 Å². The van der Waals surface area contributed by atoms with E-state index in [1.165, 1.54) is 24.6 Å². The smallest absolute Gasteiger partial charge is 0.244 e. The Balaban J connectivity index is 3.40. The van der Waals surface area contributed by atoms with Crippen LogP contribution in [0.2, 0.25) is 0 Å². The summed E-state index contributed by atoms with van der Waals surface area (Å²) in [5.74, 6) is 0.830. The molecular formula is C14H20BrNO4S. The molecular weight excluding hydrogens is 358 g/mol. The third-order valence-corrected chi connectivity index (χ3v) is 5.73. The maximum absolute atomic E-state index is 12.7. The lowest BCUT2D eigenvalue weighted by Gasteiger charge is -2.22. The number of hydrogen-bond donors (Lipinski definition) is 0. The summed E-state index contributed by atoms with van der Waals surface area (Å²) in [7, 11) is -0.681. The van der Waals surface area contributed by atoms with E-state index in [2.05, 4.69) is 22.5 Å². The Kier molecular flexibility index (Phi) is 6.24. The first-order chi connectivity index (χ1) is 9.77. The van der Waals surface area contributed by atoms with Crippen LogP contribution >= 0.6 is 15.9 Å². The lowest BCUT2D eigenvalue weighted by Crippen LogP contribution is -2.32. The minimum atomic E-state index is -3.64. The van der Waals surface area contributed by atoms with Crippen molar-refractivity contribution in [2.24, 2.45) is 0 Å². The number of halogens is 1. The first-order valence-corrected chi connectivity index (χ1v) is 8.57. The van der Waals surface area contributed by atoms with Crippen LogP contribution in [0, 0.1) is 0 Å². The summed E-state index contributed by atoms with van der Waals surface area (Å²) in [5.41, 5.74) is 0.775. The molecule has 5 nitrogen and oxygen atoms in total. The number of sulfonamides is 1. The van der Waals surface area contributed by atoms with Crippen LogP contribution in [0.25, 0.3) is 0 Å². The molecule has 0 aromatic heterocycles. The zero-order valence-electron chi connectivity index (χ0n) is 12.6. The van der Waals surface area contributed by atoms with E-state index in [9.17, 15) is 8.42 Å². The molecule has 21 heavy (non-hydrogen) atoms. The highest BCUT2D eigenvalue weighted by Gasteiger charge is 2.27. The monoisotopic (exact) mass is 377 g/mol. The maximum atomic E-state index is 12.7. The largest absolute Gasteiger partial charge is 0.493 e. The summed E-state index contributed by atoms with van der Waals surface area (Å²) >= 11 is 3.29. The summed E-state index contributed by atoms with van der Waals surface area (Å²) in [5, 5.41) is 0. The van der Waals surface area contributed by atoms with Crippen LogP contribution < -0.4 is 9.47 Å². The van der Waals surface area contributed by atoms with Gasteiger partial charge < -0.3 is 9.47 Å². The van der Waals surface area contributed by atoms with Gasteiger partial charge in [0.1, 0.15) is 4.90 Å². The molecule has 0 bridgehead atoms. The van der Waals surface area contributed by atoms with Crippen LogP contribution in [0.3, 0.4) is 0 Å². The lowest BCUT2D eigenvalue weighted by molar-refractivity contribution is 0.353. The fourth-order valence-corrected chi connectivity index (χ4v) is 4.35. The van der Waals surface area contributed by atoms with Crippen molar-refractivity contribution in [3.8, 4) is 11.5 Å². The van der Waals surface area contributed by atoms with Gasteiger partial charge in [-0.05, 0) is 28.9 Å². The number of methoxy groups -OCH3 is 2. The van der Waals surface area contributed by atoms with E-state index < -0.39 is 10.0 Å². The molecule has 118 valence electrons. The Morgan fingerprint density at radius 3 is 2.24 bits per heavy atom. The van der Waals surface area contributed by atoms with Gasteiger partial charge in [0.15, 0.2) is 11.5 Å². The van der Waals surface area contributed by atoms with Crippen LogP contribution in [0.15, 0.2) is 33.7 Å². The van der Waals surface area contributed by atoms with Gasteiger partial charge in [-0.1, -0.05) is 19.1 Å². The van der Waals surface area contributed by atoms with Crippen LogP contribution in [-0.4, -0.2) is 40.0 Å². The third-order valence-electron chi connectivity index (χ3n) is 2.85. The Labute approximate surface area is 134 Å². The standard InChI is InChI=1S/C14H20BrNO4S/c1-6-16(9-10(2)3)21(17,18)14-8-13(20-5)12(19-4)7-11(14)15/h7-8H,2,6,9H2,1,3-5H3. The van der Waals surface area contributed by atoms with Crippen molar-refractivity contribution >= 4 is 26.0 Å². The highest BCUT2D eigenvalue weighted by Crippen LogP contribution is 2.36. The number of benzene rings is 1. The molecule has 0 radical (unpaired) electrons. The highest BCUT2D eigenvalue weighted by molar-refractivity contribution is 9.10. The maximum Gasteiger partial charge on any atom is 0.244 e. The van der Waals surface area contributed by atoms with Crippen molar-refractivity contribution in [1.29, 1.82) is 0 Å². The van der Waals surface area contributed by atoms with Gasteiger partial charge in [-0.2, -0.15) is 4.31 Å². The molecule has 1 aromatic rings. The quantitative estimate of drug-likeness (QED) is 0.685. The van der Waals surface area contributed by atoms with Crippen LogP contribution in [0.4, 0.5) is 0 Å². The molecule has 0 amide bonds. The van der Waals surface area contributed by atoms with Gasteiger partial charge in [0, 0.05) is 23.6 Å². The Morgan fingerprint density at radius 2 is 1.81 bits per heavy atom. The molecule has 0 aliphatic rings. The van der Waals surface area contributed by atoms with Gasteiger partial charge in [0.05, 0.1) is 14.2 Å². The number of ether oxygens (including phenoxy) is 2. The second-order valence-electron chi connectivity index (χ2n) is 4.53. The normalized spacial score (nSPS) is 11.5. The molecule has 0 aliphatic heterocycles. The van der Waals surface area contributed by atoms with Crippen LogP contribution in [0.5, 0.6) is 11.5 Å². The topological polar surface area (TPSA) is 55.8 Å². The molecule has 0 saturated carbocycles. The fourth-order valence-electron chi connectivity index (χ4n) is 1.84. The van der Waals surface area contributed by atoms with E-state index in [1.54, 1.807) is 19.9 Å². The molecule has 1 aromatic carbocycles. The van der Waals surface area contributed by atoms with Crippen molar-refractivity contribution in [3.63, 3.8) is 0 Å². The van der Waals surface area contributed by atoms with Gasteiger partial charge in [-0.3, -0.25) is 0 Å². The minimum absolute atomic E-state index is 0.142. The molecule has 1 rings (SSSR count). The van der Waals surface area contributed by atoms with E-state index in [-0.39, 0.29) is 11.4 Å². The molecule has 0 unspecified atom stereocenters. The second kappa shape index (κ2) is 7.29. The van der Waals surface area contributed by atoms with E-state index in [0.717, 1.165) is 5.57 Å². The van der Waals surface area contributed by atoms with Crippen molar-refractivity contribution in [2.75, 3.05) is 27.3 Å². The van der Waals surface area contributed by atoms with Crippen molar-refractivity contribution < 1.29 is 17.9 Å². The summed E-state index contributed by atoms with van der Waals surface area (Å²) < 4.78 is 37.6. The average Bonchev–Trinajstić information content (AvgIpc) is 2.43. The van der Waals surface area contributed by atoms with Gasteiger partial charge in [-0.25, -0.2) is 8.42 Å². The summed E-state index contributed by atoms with van der Waals surface area (Å²) in [6, 6.07) is 3.04. The fraction of sp³-hybridized carbons (Fsp3) is 0.429. The zero-order chi connectivity index (χ0) is 16.2. The van der Waals surface area contributed by atoms with Gasteiger partial charge in [0.25, 0.3) is 0 Å². The molecule has 7 heteroatoms. The van der Waals surface area contributed by atoms with Gasteiger partial charge in [-0.15, -0.1) is 0 Å². The average molecular weight is 378 g/mol. The van der Waals surface area contributed by atoms with Crippen LogP contribution in [-0.2, 0) is 10.0 Å². The van der Waals surface area contributed by atoms with E-state index in [1.807, 2.05) is 0 Å². The second-order valence-corrected chi connectivity index (χ2v) is 7.29. The van der Waals surface area contributed by atoms with Crippen molar-refractivity contribution in [1.82, 2.24) is 4.31 Å². The first-order valence-electron chi connectivity index (χ1n) is 6.34. The van der Waals surface area contributed by atoms with Crippen LogP contribution in [0.1, 0.15) is 13.8 Å². The Morgan fingerprint density at radius 1 is 1.29 bits per heavy atom. The number of nitrogens with zero attached hydrogens (tertiary/aromatic N) is 1. The molecule has 0 atom stereocenters. The number of likely N-dealkylation sites (N-methyl/N-ethyl adjacent to an activating group) is 1. The highest BCUT2D eigenvalue weighted by atomic mass is 79.9. The Hall–Kier alpha value is -1.05. The van der Waals surface area contributed by atoms with E-state index in [4.69, 9.17) is 9.47 Å². The minimum Gasteiger partial charge on any atom is -0.493 e. The first kappa shape index (κ1) is 18.0. The SMILES string of the molecule is C=C(C)CN(CC)S(=O)(=O)c1cc(OC)c(OC)cc1Br. The van der Waals surface area contributed by atoms with Crippen molar-refractivity contribution in [3.05, 3.63) is 28.8 Å². The summed E-state index contributed by atoms with van der Waals surface area (Å²) in [6.07, 6.45) is 0. The predicted octanol–water partition coefficient (Wildman–Crippen LogP) is 3.05. The van der Waals surface area contributed by atoms with E-state index in [0.29, 0.717) is 22.5 Å². The number of rotatable bonds is 7. The third kappa shape index (κ3) is 3.99. The molecule has 0 heterocycles. The number of hydrogen-bond acceptors (Lipinski definition) is 4. The summed E-state index contributed by atoms with van der Waals surface area (Å²) in [4.78, 5) is 0.142. The van der Waals surface area contributed by atoms with Gasteiger partial charge >= 0.3 is 0 Å². The molecule has 0 saturated heterocycles. The molecule has 0 N–H and O–H groups in total. The predicted molar refractivity (Wildman–Crippen MR) is 86.5 cm³/mol.